The van der Waals surface area contributed by atoms with Crippen molar-refractivity contribution in [1.29, 1.82) is 0 Å². The zero-order valence-electron chi connectivity index (χ0n) is 17.9. The molecular weight excluding hydrogens is 398 g/mol. The lowest BCUT2D eigenvalue weighted by atomic mass is 10.1. The number of fused-ring (bicyclic) bond motifs is 1. The minimum atomic E-state index is -0.137. The Labute approximate surface area is 187 Å². The van der Waals surface area contributed by atoms with Crippen LogP contribution >= 0.6 is 0 Å². The van der Waals surface area contributed by atoms with Crippen LogP contribution in [0, 0.1) is 0 Å². The van der Waals surface area contributed by atoms with Gasteiger partial charge in [0.2, 0.25) is 5.91 Å². The van der Waals surface area contributed by atoms with E-state index >= 15 is 0 Å². The minimum Gasteiger partial charge on any atom is -0.376 e. The Balaban J connectivity index is 1.35. The number of rotatable bonds is 7. The van der Waals surface area contributed by atoms with Crippen LogP contribution in [0.3, 0.4) is 0 Å². The van der Waals surface area contributed by atoms with Gasteiger partial charge in [-0.15, -0.1) is 0 Å². The predicted molar refractivity (Wildman–Crippen MR) is 131 cm³/mol. The molecule has 160 valence electrons. The molecule has 5 heteroatoms. The third-order valence-corrected chi connectivity index (χ3v) is 5.25. The number of carbonyl (C=O) groups is 2. The van der Waals surface area contributed by atoms with Gasteiger partial charge < -0.3 is 15.5 Å². The molecule has 32 heavy (non-hydrogen) atoms. The van der Waals surface area contributed by atoms with Crippen molar-refractivity contribution in [2.24, 2.45) is 0 Å². The van der Waals surface area contributed by atoms with E-state index in [4.69, 9.17) is 0 Å². The maximum atomic E-state index is 12.9. The SMILES string of the molecule is CCN(C(=O)c1ccc(NCC(=O)Nc2ccc3ccccc3c2)cc1)c1ccccc1. The van der Waals surface area contributed by atoms with Gasteiger partial charge in [-0.2, -0.15) is 0 Å². The molecule has 0 aromatic heterocycles. The van der Waals surface area contributed by atoms with Gasteiger partial charge in [-0.25, -0.2) is 0 Å². The fourth-order valence-corrected chi connectivity index (χ4v) is 3.59. The Bertz CT molecular complexity index is 1220. The van der Waals surface area contributed by atoms with Crippen molar-refractivity contribution in [3.05, 3.63) is 103 Å². The van der Waals surface area contributed by atoms with Gasteiger partial charge in [-0.3, -0.25) is 9.59 Å². The summed E-state index contributed by atoms with van der Waals surface area (Å²) in [5.74, 6) is -0.194. The van der Waals surface area contributed by atoms with Crippen molar-refractivity contribution in [2.75, 3.05) is 28.6 Å². The molecule has 0 unspecified atom stereocenters. The summed E-state index contributed by atoms with van der Waals surface area (Å²) in [6.07, 6.45) is 0. The maximum Gasteiger partial charge on any atom is 0.258 e. The van der Waals surface area contributed by atoms with E-state index < -0.39 is 0 Å². The Morgan fingerprint density at radius 1 is 0.750 bits per heavy atom. The minimum absolute atomic E-state index is 0.0562. The van der Waals surface area contributed by atoms with Crippen LogP contribution in [0.25, 0.3) is 10.8 Å². The fourth-order valence-electron chi connectivity index (χ4n) is 3.59. The summed E-state index contributed by atoms with van der Waals surface area (Å²) >= 11 is 0. The van der Waals surface area contributed by atoms with E-state index in [2.05, 4.69) is 10.6 Å². The molecule has 0 spiro atoms. The van der Waals surface area contributed by atoms with Gasteiger partial charge in [0.05, 0.1) is 6.54 Å². The quantitative estimate of drug-likeness (QED) is 0.409. The Kier molecular flexibility index (Phi) is 6.46. The van der Waals surface area contributed by atoms with E-state index in [1.807, 2.05) is 91.9 Å². The van der Waals surface area contributed by atoms with Crippen LogP contribution in [0.15, 0.2) is 97.1 Å². The molecule has 0 atom stereocenters. The van der Waals surface area contributed by atoms with Crippen LogP contribution in [0.1, 0.15) is 17.3 Å². The van der Waals surface area contributed by atoms with Gasteiger partial charge in [-0.05, 0) is 66.2 Å². The Hall–Kier alpha value is -4.12. The first-order valence-electron chi connectivity index (χ1n) is 10.6. The Morgan fingerprint density at radius 2 is 1.41 bits per heavy atom. The molecule has 5 nitrogen and oxygen atoms in total. The second kappa shape index (κ2) is 9.79. The molecule has 2 N–H and O–H groups in total. The van der Waals surface area contributed by atoms with E-state index in [1.54, 1.807) is 17.0 Å². The molecule has 2 amide bonds. The van der Waals surface area contributed by atoms with Gasteiger partial charge in [0, 0.05) is 29.2 Å². The van der Waals surface area contributed by atoms with Crippen LogP contribution in [0.2, 0.25) is 0 Å². The molecular formula is C27H25N3O2. The second-order valence-corrected chi connectivity index (χ2v) is 7.43. The average Bonchev–Trinajstić information content (AvgIpc) is 2.84. The monoisotopic (exact) mass is 423 g/mol. The molecule has 0 heterocycles. The summed E-state index contributed by atoms with van der Waals surface area (Å²) in [5, 5.41) is 8.23. The molecule has 0 saturated heterocycles. The number of amides is 2. The summed E-state index contributed by atoms with van der Waals surface area (Å²) in [7, 11) is 0. The van der Waals surface area contributed by atoms with E-state index in [-0.39, 0.29) is 18.4 Å². The van der Waals surface area contributed by atoms with Gasteiger partial charge in [0.15, 0.2) is 0 Å². The first-order chi connectivity index (χ1) is 15.6. The largest absolute Gasteiger partial charge is 0.376 e. The van der Waals surface area contributed by atoms with Crippen molar-refractivity contribution in [3.63, 3.8) is 0 Å². The van der Waals surface area contributed by atoms with Crippen molar-refractivity contribution in [1.82, 2.24) is 0 Å². The number of hydrogen-bond acceptors (Lipinski definition) is 3. The molecule has 0 fully saturated rings. The normalized spacial score (nSPS) is 10.5. The lowest BCUT2D eigenvalue weighted by Crippen LogP contribution is -2.30. The third-order valence-electron chi connectivity index (χ3n) is 5.25. The molecule has 0 aliphatic heterocycles. The van der Waals surface area contributed by atoms with Gasteiger partial charge in [-0.1, -0.05) is 48.5 Å². The van der Waals surface area contributed by atoms with Crippen molar-refractivity contribution < 1.29 is 9.59 Å². The lowest BCUT2D eigenvalue weighted by molar-refractivity contribution is -0.114. The van der Waals surface area contributed by atoms with Crippen LogP contribution in [-0.4, -0.2) is 24.9 Å². The van der Waals surface area contributed by atoms with Gasteiger partial charge >= 0.3 is 0 Å². The maximum absolute atomic E-state index is 12.9. The van der Waals surface area contributed by atoms with Gasteiger partial charge in [0.1, 0.15) is 0 Å². The molecule has 4 rings (SSSR count). The highest BCUT2D eigenvalue weighted by Crippen LogP contribution is 2.20. The molecule has 0 bridgehead atoms. The van der Waals surface area contributed by atoms with Crippen molar-refractivity contribution in [3.8, 4) is 0 Å². The number of hydrogen-bond donors (Lipinski definition) is 2. The highest BCUT2D eigenvalue weighted by Gasteiger charge is 2.15. The summed E-state index contributed by atoms with van der Waals surface area (Å²) in [4.78, 5) is 27.0. The number of carbonyl (C=O) groups excluding carboxylic acids is 2. The zero-order chi connectivity index (χ0) is 22.3. The third kappa shape index (κ3) is 4.95. The number of anilines is 3. The average molecular weight is 424 g/mol. The van der Waals surface area contributed by atoms with Crippen LogP contribution in [0.4, 0.5) is 17.1 Å². The van der Waals surface area contributed by atoms with E-state index in [0.29, 0.717) is 12.1 Å². The zero-order valence-corrected chi connectivity index (χ0v) is 17.9. The molecule has 0 saturated carbocycles. The lowest BCUT2D eigenvalue weighted by Gasteiger charge is -2.21. The van der Waals surface area contributed by atoms with E-state index in [9.17, 15) is 9.59 Å². The standard InChI is InChI=1S/C27H25N3O2/c1-2-30(25-10-4-3-5-11-25)27(32)21-13-15-23(16-14-21)28-19-26(31)29-24-17-12-20-8-6-7-9-22(20)18-24/h3-18,28H,2,19H2,1H3,(H,29,31). The van der Waals surface area contributed by atoms with Crippen LogP contribution in [-0.2, 0) is 4.79 Å². The number of nitrogens with zero attached hydrogens (tertiary/aromatic N) is 1. The molecule has 4 aromatic carbocycles. The highest BCUT2D eigenvalue weighted by molar-refractivity contribution is 6.06. The van der Waals surface area contributed by atoms with Gasteiger partial charge in [0.25, 0.3) is 5.91 Å². The molecule has 0 aliphatic rings. The van der Waals surface area contributed by atoms with Crippen LogP contribution < -0.4 is 15.5 Å². The summed E-state index contributed by atoms with van der Waals surface area (Å²) in [6.45, 7) is 2.66. The first kappa shape index (κ1) is 21.1. The number of benzene rings is 4. The molecule has 0 aliphatic carbocycles. The van der Waals surface area contributed by atoms with E-state index in [0.717, 1.165) is 27.8 Å². The number of nitrogens with one attached hydrogen (secondary N) is 2. The summed E-state index contributed by atoms with van der Waals surface area (Å²) < 4.78 is 0. The molecule has 4 aromatic rings. The van der Waals surface area contributed by atoms with Crippen molar-refractivity contribution in [2.45, 2.75) is 6.92 Å². The van der Waals surface area contributed by atoms with Crippen LogP contribution in [0.5, 0.6) is 0 Å². The van der Waals surface area contributed by atoms with Crippen molar-refractivity contribution >= 4 is 39.6 Å². The first-order valence-corrected chi connectivity index (χ1v) is 10.6. The highest BCUT2D eigenvalue weighted by atomic mass is 16.2. The van der Waals surface area contributed by atoms with E-state index in [1.165, 1.54) is 0 Å². The molecule has 0 radical (unpaired) electrons. The Morgan fingerprint density at radius 3 is 2.12 bits per heavy atom. The number of para-hydroxylation sites is 1. The summed E-state index contributed by atoms with van der Waals surface area (Å²) in [5.41, 5.74) is 3.00. The second-order valence-electron chi connectivity index (χ2n) is 7.43. The smallest absolute Gasteiger partial charge is 0.258 e. The topological polar surface area (TPSA) is 61.4 Å². The summed E-state index contributed by atoms with van der Waals surface area (Å²) in [6, 6.07) is 30.7. The predicted octanol–water partition coefficient (Wildman–Crippen LogP) is 5.56. The fraction of sp³-hybridized carbons (Fsp3) is 0.111.